The van der Waals surface area contributed by atoms with Crippen molar-refractivity contribution in [1.82, 2.24) is 4.98 Å². The Morgan fingerprint density at radius 3 is 2.00 bits per heavy atom. The van der Waals surface area contributed by atoms with Crippen LogP contribution in [-0.4, -0.2) is 62.7 Å². The molecule has 1 aromatic rings. The first kappa shape index (κ1) is 16.8. The van der Waals surface area contributed by atoms with Crippen LogP contribution in [0.5, 0.6) is 5.75 Å². The lowest BCUT2D eigenvalue weighted by Gasteiger charge is -2.38. The summed E-state index contributed by atoms with van der Waals surface area (Å²) in [5.41, 5.74) is 0. The molecule has 2 rings (SSSR count). The Hall–Kier alpha value is -1.53. The number of aliphatic hydroxyl groups is 4. The predicted molar refractivity (Wildman–Crippen MR) is 58.5 cm³/mol. The summed E-state index contributed by atoms with van der Waals surface area (Å²) in [6.45, 7) is -0.876. The number of hydrogen-bond donors (Lipinski definition) is 4. The fraction of sp³-hybridized carbons (Fsp3) is 0.545. The smallest absolute Gasteiger partial charge is 0.255 e. The standard InChI is InChI=1S/C11H11F4NO6/c12-3-8(4(13)10(15)16-9(3)14)21-1-2-5(17)6(18)7(19)11(20)22-2/h2,5-7,11,17-20H,1H2/t2-,5-,6+,7+,11+/m1/s1. The molecule has 4 N–H and O–H groups in total. The van der Waals surface area contributed by atoms with Crippen LogP contribution in [0.2, 0.25) is 0 Å². The van der Waals surface area contributed by atoms with Gasteiger partial charge in [-0.25, -0.2) is 0 Å². The average molecular weight is 329 g/mol. The summed E-state index contributed by atoms with van der Waals surface area (Å²) in [6, 6.07) is 0. The van der Waals surface area contributed by atoms with Crippen LogP contribution in [-0.2, 0) is 4.74 Å². The van der Waals surface area contributed by atoms with Gasteiger partial charge in [0, 0.05) is 0 Å². The van der Waals surface area contributed by atoms with E-state index >= 15 is 0 Å². The van der Waals surface area contributed by atoms with Crippen molar-refractivity contribution in [2.45, 2.75) is 30.7 Å². The van der Waals surface area contributed by atoms with Crippen LogP contribution in [0.4, 0.5) is 17.6 Å². The minimum absolute atomic E-state index is 0.876. The molecule has 1 saturated heterocycles. The molecular formula is C11H11F4NO6. The van der Waals surface area contributed by atoms with Gasteiger partial charge in [-0.15, -0.1) is 0 Å². The maximum atomic E-state index is 13.3. The molecule has 0 unspecified atom stereocenters. The third kappa shape index (κ3) is 2.98. The van der Waals surface area contributed by atoms with Gasteiger partial charge >= 0.3 is 0 Å². The molecule has 1 aliphatic rings. The lowest BCUT2D eigenvalue weighted by Crippen LogP contribution is -2.58. The number of aliphatic hydroxyl groups excluding tert-OH is 4. The minimum Gasteiger partial charge on any atom is -0.484 e. The van der Waals surface area contributed by atoms with Crippen LogP contribution in [0.15, 0.2) is 0 Å². The van der Waals surface area contributed by atoms with Crippen LogP contribution < -0.4 is 4.74 Å². The third-order valence-corrected chi connectivity index (χ3v) is 3.04. The molecule has 0 saturated carbocycles. The third-order valence-electron chi connectivity index (χ3n) is 3.04. The molecule has 7 nitrogen and oxygen atoms in total. The summed E-state index contributed by atoms with van der Waals surface area (Å²) in [5, 5.41) is 37.5. The Bertz CT molecular complexity index is 536. The number of ether oxygens (including phenoxy) is 2. The van der Waals surface area contributed by atoms with Crippen molar-refractivity contribution >= 4 is 0 Å². The van der Waals surface area contributed by atoms with Gasteiger partial charge in [-0.05, 0) is 0 Å². The van der Waals surface area contributed by atoms with Crippen molar-refractivity contribution in [3.8, 4) is 5.75 Å². The van der Waals surface area contributed by atoms with Gasteiger partial charge in [-0.2, -0.15) is 22.5 Å². The van der Waals surface area contributed by atoms with Crippen molar-refractivity contribution in [2.24, 2.45) is 0 Å². The Labute approximate surface area is 120 Å². The fourth-order valence-electron chi connectivity index (χ4n) is 1.83. The van der Waals surface area contributed by atoms with Crippen molar-refractivity contribution < 1.29 is 47.5 Å². The number of nitrogens with zero attached hydrogens (tertiary/aromatic N) is 1. The fourth-order valence-corrected chi connectivity index (χ4v) is 1.83. The zero-order chi connectivity index (χ0) is 16.6. The summed E-state index contributed by atoms with van der Waals surface area (Å²) in [7, 11) is 0. The van der Waals surface area contributed by atoms with Gasteiger partial charge in [0.25, 0.3) is 11.9 Å². The summed E-state index contributed by atoms with van der Waals surface area (Å²) in [6.07, 6.45) is -8.83. The van der Waals surface area contributed by atoms with Crippen molar-refractivity contribution in [1.29, 1.82) is 0 Å². The average Bonchev–Trinajstić information content (AvgIpc) is 2.48. The first-order valence-corrected chi connectivity index (χ1v) is 5.94. The zero-order valence-electron chi connectivity index (χ0n) is 10.7. The summed E-state index contributed by atoms with van der Waals surface area (Å²) < 4.78 is 61.5. The number of rotatable bonds is 3. The van der Waals surface area contributed by atoms with Gasteiger partial charge in [0.2, 0.25) is 17.4 Å². The van der Waals surface area contributed by atoms with E-state index in [1.807, 2.05) is 0 Å². The SMILES string of the molecule is O[C@@H]1[C@H](O)[C@@H](O)O[C@H](COc2c(F)c(F)nc(F)c2F)[C@H]1O. The van der Waals surface area contributed by atoms with E-state index in [2.05, 4.69) is 14.5 Å². The molecule has 0 radical (unpaired) electrons. The number of aromatic nitrogens is 1. The highest BCUT2D eigenvalue weighted by atomic mass is 19.2. The van der Waals surface area contributed by atoms with Gasteiger partial charge in [-0.1, -0.05) is 0 Å². The highest BCUT2D eigenvalue weighted by Gasteiger charge is 2.43. The van der Waals surface area contributed by atoms with E-state index < -0.39 is 66.6 Å². The molecule has 5 atom stereocenters. The van der Waals surface area contributed by atoms with Gasteiger partial charge in [0.1, 0.15) is 31.0 Å². The van der Waals surface area contributed by atoms with Crippen LogP contribution >= 0.6 is 0 Å². The second kappa shape index (κ2) is 6.30. The van der Waals surface area contributed by atoms with E-state index in [0.29, 0.717) is 0 Å². The second-order valence-corrected chi connectivity index (χ2v) is 4.50. The topological polar surface area (TPSA) is 112 Å². The van der Waals surface area contributed by atoms with Crippen LogP contribution in [0.25, 0.3) is 0 Å². The largest absolute Gasteiger partial charge is 0.484 e. The first-order valence-electron chi connectivity index (χ1n) is 5.94. The van der Waals surface area contributed by atoms with Crippen LogP contribution in [0, 0.1) is 23.5 Å². The molecule has 1 aromatic heterocycles. The lowest BCUT2D eigenvalue weighted by atomic mass is 9.99. The van der Waals surface area contributed by atoms with Crippen molar-refractivity contribution in [3.05, 3.63) is 23.5 Å². The van der Waals surface area contributed by atoms with Gasteiger partial charge < -0.3 is 29.9 Å². The Balaban J connectivity index is 2.14. The quantitative estimate of drug-likeness (QED) is 0.408. The molecule has 0 aliphatic carbocycles. The van der Waals surface area contributed by atoms with Crippen molar-refractivity contribution in [3.63, 3.8) is 0 Å². The maximum absolute atomic E-state index is 13.3. The van der Waals surface area contributed by atoms with E-state index in [0.717, 1.165) is 0 Å². The molecule has 0 bridgehead atoms. The molecule has 1 fully saturated rings. The molecule has 0 amide bonds. The normalized spacial score (nSPS) is 32.1. The second-order valence-electron chi connectivity index (χ2n) is 4.50. The highest BCUT2D eigenvalue weighted by molar-refractivity contribution is 5.24. The lowest BCUT2D eigenvalue weighted by molar-refractivity contribution is -0.285. The molecule has 124 valence electrons. The maximum Gasteiger partial charge on any atom is 0.255 e. The first-order chi connectivity index (χ1) is 10.2. The Morgan fingerprint density at radius 1 is 0.909 bits per heavy atom. The molecule has 1 aliphatic heterocycles. The number of halogens is 4. The molecular weight excluding hydrogens is 318 g/mol. The van der Waals surface area contributed by atoms with E-state index in [9.17, 15) is 38.0 Å². The number of pyridine rings is 1. The van der Waals surface area contributed by atoms with Gasteiger partial charge in [-0.3, -0.25) is 0 Å². The Morgan fingerprint density at radius 2 is 1.45 bits per heavy atom. The summed E-state index contributed by atoms with van der Waals surface area (Å²) >= 11 is 0. The van der Waals surface area contributed by atoms with E-state index in [1.54, 1.807) is 0 Å². The minimum atomic E-state index is -1.94. The number of hydrogen-bond acceptors (Lipinski definition) is 7. The van der Waals surface area contributed by atoms with Crippen molar-refractivity contribution in [2.75, 3.05) is 6.61 Å². The van der Waals surface area contributed by atoms with E-state index in [1.165, 1.54) is 0 Å². The van der Waals surface area contributed by atoms with Gasteiger partial charge in [0.15, 0.2) is 6.29 Å². The Kier molecular flexibility index (Phi) is 4.82. The molecule has 22 heavy (non-hydrogen) atoms. The molecule has 11 heteroatoms. The van der Waals surface area contributed by atoms with Crippen LogP contribution in [0.3, 0.4) is 0 Å². The zero-order valence-corrected chi connectivity index (χ0v) is 10.7. The summed E-state index contributed by atoms with van der Waals surface area (Å²) in [5.74, 6) is -9.10. The molecule has 0 spiro atoms. The highest BCUT2D eigenvalue weighted by Crippen LogP contribution is 2.26. The van der Waals surface area contributed by atoms with E-state index in [-0.39, 0.29) is 0 Å². The van der Waals surface area contributed by atoms with Gasteiger partial charge in [0.05, 0.1) is 0 Å². The molecule has 0 aromatic carbocycles. The monoisotopic (exact) mass is 329 g/mol. The molecule has 2 heterocycles. The summed E-state index contributed by atoms with van der Waals surface area (Å²) in [4.78, 5) is 2.32. The van der Waals surface area contributed by atoms with E-state index in [4.69, 9.17) is 0 Å². The predicted octanol–water partition coefficient (Wildman–Crippen LogP) is -1.18. The van der Waals surface area contributed by atoms with Crippen LogP contribution in [0.1, 0.15) is 0 Å².